The molecule has 1 aliphatic heterocycles. The van der Waals surface area contributed by atoms with Gasteiger partial charge in [0, 0.05) is 52.4 Å². The summed E-state index contributed by atoms with van der Waals surface area (Å²) in [6, 6.07) is 19.2. The Morgan fingerprint density at radius 1 is 0.692 bits per heavy atom. The van der Waals surface area contributed by atoms with Gasteiger partial charge in [-0.2, -0.15) is 13.2 Å². The van der Waals surface area contributed by atoms with E-state index in [2.05, 4.69) is 10.6 Å². The van der Waals surface area contributed by atoms with Crippen LogP contribution >= 0.6 is 0 Å². The number of carboxylic acid groups (broad SMARTS) is 1. The third-order valence-electron chi connectivity index (χ3n) is 5.40. The van der Waals surface area contributed by atoms with Gasteiger partial charge < -0.3 is 35.0 Å². The first-order valence-corrected chi connectivity index (χ1v) is 12.3. The van der Waals surface area contributed by atoms with Crippen LogP contribution in [0, 0.1) is 0 Å². The van der Waals surface area contributed by atoms with E-state index < -0.39 is 12.1 Å². The first-order valence-electron chi connectivity index (χ1n) is 12.3. The number of nitrogens with zero attached hydrogens (tertiary/aromatic N) is 2. The summed E-state index contributed by atoms with van der Waals surface area (Å²) in [5.74, 6) is -2.76. The molecule has 214 valence electrons. The van der Waals surface area contributed by atoms with Crippen LogP contribution in [0.15, 0.2) is 60.7 Å². The first-order chi connectivity index (χ1) is 18.7. The summed E-state index contributed by atoms with van der Waals surface area (Å²) < 4.78 is 42.7. The van der Waals surface area contributed by atoms with Gasteiger partial charge >= 0.3 is 24.3 Å². The van der Waals surface area contributed by atoms with Crippen LogP contribution in [0.1, 0.15) is 11.1 Å². The van der Waals surface area contributed by atoms with Crippen molar-refractivity contribution in [1.29, 1.82) is 0 Å². The third-order valence-corrected chi connectivity index (χ3v) is 5.40. The van der Waals surface area contributed by atoms with E-state index in [0.29, 0.717) is 39.3 Å². The van der Waals surface area contributed by atoms with Crippen LogP contribution in [0.3, 0.4) is 0 Å². The fraction of sp³-hybridized carbons (Fsp3) is 0.423. The van der Waals surface area contributed by atoms with Crippen molar-refractivity contribution in [2.75, 3.05) is 52.4 Å². The predicted octanol–water partition coefficient (Wildman–Crippen LogP) is 3.09. The van der Waals surface area contributed by atoms with Crippen LogP contribution in [-0.2, 0) is 27.5 Å². The number of aliphatic carboxylic acids is 1. The van der Waals surface area contributed by atoms with E-state index in [1.165, 1.54) is 0 Å². The van der Waals surface area contributed by atoms with Gasteiger partial charge in [0.25, 0.3) is 0 Å². The Morgan fingerprint density at radius 3 is 1.38 bits per heavy atom. The molecule has 1 saturated heterocycles. The van der Waals surface area contributed by atoms with Crippen molar-refractivity contribution in [3.05, 3.63) is 71.8 Å². The SMILES string of the molecule is O=C(O)C(F)(F)F.O=C(OCc1ccccc1)N1CCNCCNCCN(C(=O)OCc2ccccc2)CC1. The molecule has 10 nitrogen and oxygen atoms in total. The van der Waals surface area contributed by atoms with Gasteiger partial charge in [-0.15, -0.1) is 0 Å². The highest BCUT2D eigenvalue weighted by atomic mass is 19.4. The van der Waals surface area contributed by atoms with E-state index >= 15 is 0 Å². The Labute approximate surface area is 224 Å². The highest BCUT2D eigenvalue weighted by molar-refractivity contribution is 5.73. The predicted molar refractivity (Wildman–Crippen MR) is 136 cm³/mol. The maximum absolute atomic E-state index is 12.7. The van der Waals surface area contributed by atoms with Crippen molar-refractivity contribution < 1.29 is 42.1 Å². The van der Waals surface area contributed by atoms with Gasteiger partial charge in [0.15, 0.2) is 0 Å². The minimum absolute atomic E-state index is 0.219. The van der Waals surface area contributed by atoms with Crippen LogP contribution in [0.25, 0.3) is 0 Å². The van der Waals surface area contributed by atoms with Crippen molar-refractivity contribution in [2.45, 2.75) is 19.4 Å². The fourth-order valence-electron chi connectivity index (χ4n) is 3.31. The van der Waals surface area contributed by atoms with E-state index in [-0.39, 0.29) is 25.4 Å². The Morgan fingerprint density at radius 2 is 1.05 bits per heavy atom. The quantitative estimate of drug-likeness (QED) is 0.528. The van der Waals surface area contributed by atoms with Crippen molar-refractivity contribution in [3.8, 4) is 0 Å². The lowest BCUT2D eigenvalue weighted by atomic mass is 10.2. The standard InChI is InChI=1S/C24H32N4O4.C2HF3O2/c29-23(31-19-21-7-3-1-4-8-21)27-15-13-25-11-12-26-14-16-28(18-17-27)24(30)32-20-22-9-5-2-6-10-22;3-2(4,5)1(6)7/h1-10,25-26H,11-20H2;(H,6,7). The fourth-order valence-corrected chi connectivity index (χ4v) is 3.31. The van der Waals surface area contributed by atoms with E-state index in [1.807, 2.05) is 60.7 Å². The Kier molecular flexibility index (Phi) is 13.6. The average Bonchev–Trinajstić information content (AvgIpc) is 2.92. The van der Waals surface area contributed by atoms with Crippen LogP contribution in [0.4, 0.5) is 22.8 Å². The summed E-state index contributed by atoms with van der Waals surface area (Å²) in [6.07, 6.45) is -5.85. The summed E-state index contributed by atoms with van der Waals surface area (Å²) in [4.78, 5) is 37.6. The van der Waals surface area contributed by atoms with Crippen LogP contribution < -0.4 is 10.6 Å². The monoisotopic (exact) mass is 554 g/mol. The molecule has 2 amide bonds. The molecule has 2 aromatic carbocycles. The van der Waals surface area contributed by atoms with Gasteiger partial charge in [-0.25, -0.2) is 14.4 Å². The second-order valence-electron chi connectivity index (χ2n) is 8.36. The minimum Gasteiger partial charge on any atom is -0.475 e. The van der Waals surface area contributed by atoms with Crippen LogP contribution in [-0.4, -0.2) is 91.6 Å². The van der Waals surface area contributed by atoms with E-state index in [1.54, 1.807) is 9.80 Å². The molecule has 13 heteroatoms. The van der Waals surface area contributed by atoms with Crippen molar-refractivity contribution in [3.63, 3.8) is 0 Å². The molecule has 1 aliphatic rings. The molecule has 0 atom stereocenters. The summed E-state index contributed by atoms with van der Waals surface area (Å²) in [7, 11) is 0. The number of halogens is 3. The van der Waals surface area contributed by atoms with Gasteiger partial charge in [0.1, 0.15) is 13.2 Å². The number of amides is 2. The minimum atomic E-state index is -5.08. The third kappa shape index (κ3) is 13.0. The summed E-state index contributed by atoms with van der Waals surface area (Å²) >= 11 is 0. The zero-order valence-electron chi connectivity index (χ0n) is 21.4. The molecule has 0 aromatic heterocycles. The molecule has 0 unspecified atom stereocenters. The number of rotatable bonds is 4. The Balaban J connectivity index is 0.000000673. The lowest BCUT2D eigenvalue weighted by Gasteiger charge is -2.28. The number of carbonyl (C=O) groups excluding carboxylic acids is 2. The van der Waals surface area contributed by atoms with E-state index in [9.17, 15) is 22.8 Å². The number of carbonyl (C=O) groups is 3. The summed E-state index contributed by atoms with van der Waals surface area (Å²) in [5, 5.41) is 13.8. The number of benzene rings is 2. The highest BCUT2D eigenvalue weighted by Crippen LogP contribution is 2.13. The van der Waals surface area contributed by atoms with E-state index in [0.717, 1.165) is 24.2 Å². The highest BCUT2D eigenvalue weighted by Gasteiger charge is 2.38. The average molecular weight is 555 g/mol. The summed E-state index contributed by atoms with van der Waals surface area (Å²) in [5.41, 5.74) is 1.87. The lowest BCUT2D eigenvalue weighted by Crippen LogP contribution is -2.47. The number of nitrogens with one attached hydrogen (secondary N) is 2. The number of ether oxygens (including phenoxy) is 2. The number of alkyl halides is 3. The smallest absolute Gasteiger partial charge is 0.475 e. The first kappa shape index (κ1) is 31.4. The zero-order chi connectivity index (χ0) is 28.5. The van der Waals surface area contributed by atoms with Crippen molar-refractivity contribution in [2.24, 2.45) is 0 Å². The van der Waals surface area contributed by atoms with Gasteiger partial charge in [-0.05, 0) is 11.1 Å². The molecule has 0 bridgehead atoms. The maximum atomic E-state index is 12.7. The molecule has 3 rings (SSSR count). The van der Waals surface area contributed by atoms with Crippen molar-refractivity contribution >= 4 is 18.2 Å². The lowest BCUT2D eigenvalue weighted by molar-refractivity contribution is -0.192. The van der Waals surface area contributed by atoms with E-state index in [4.69, 9.17) is 19.4 Å². The number of hydrogen-bond donors (Lipinski definition) is 3. The summed E-state index contributed by atoms with van der Waals surface area (Å²) in [6.45, 7) is 5.05. The molecule has 0 radical (unpaired) electrons. The Bertz CT molecular complexity index is 942. The molecular weight excluding hydrogens is 521 g/mol. The normalized spacial score (nSPS) is 15.1. The molecule has 0 aliphatic carbocycles. The van der Waals surface area contributed by atoms with Gasteiger partial charge in [-0.1, -0.05) is 60.7 Å². The van der Waals surface area contributed by atoms with Crippen molar-refractivity contribution in [1.82, 2.24) is 20.4 Å². The zero-order valence-corrected chi connectivity index (χ0v) is 21.4. The molecule has 1 heterocycles. The Hall–Kier alpha value is -3.84. The molecular formula is C26H33F3N4O6. The van der Waals surface area contributed by atoms with Crippen LogP contribution in [0.2, 0.25) is 0 Å². The van der Waals surface area contributed by atoms with Crippen LogP contribution in [0.5, 0.6) is 0 Å². The number of carboxylic acids is 1. The topological polar surface area (TPSA) is 120 Å². The molecule has 0 spiro atoms. The molecule has 39 heavy (non-hydrogen) atoms. The van der Waals surface area contributed by atoms with Gasteiger partial charge in [0.05, 0.1) is 0 Å². The van der Waals surface area contributed by atoms with Gasteiger partial charge in [-0.3, -0.25) is 0 Å². The molecule has 3 N–H and O–H groups in total. The second kappa shape index (κ2) is 16.9. The molecule has 2 aromatic rings. The number of hydrogen-bond acceptors (Lipinski definition) is 7. The molecule has 0 saturated carbocycles. The largest absolute Gasteiger partial charge is 0.490 e. The maximum Gasteiger partial charge on any atom is 0.490 e. The molecule has 1 fully saturated rings. The second-order valence-corrected chi connectivity index (χ2v) is 8.36. The van der Waals surface area contributed by atoms with Gasteiger partial charge in [0.2, 0.25) is 0 Å².